The minimum atomic E-state index is 0.320. The van der Waals surface area contributed by atoms with Gasteiger partial charge in [0.1, 0.15) is 0 Å². The van der Waals surface area contributed by atoms with Gasteiger partial charge in [-0.25, -0.2) is 0 Å². The molecule has 0 aromatic carbocycles. The summed E-state index contributed by atoms with van der Waals surface area (Å²) in [5.41, 5.74) is 0. The van der Waals surface area contributed by atoms with E-state index in [-0.39, 0.29) is 0 Å². The number of nitrogens with zero attached hydrogens (tertiary/aromatic N) is 2. The van der Waals surface area contributed by atoms with Crippen LogP contribution >= 0.6 is 0 Å². The van der Waals surface area contributed by atoms with Gasteiger partial charge < -0.3 is 24.4 Å². The molecule has 6 heteroatoms. The van der Waals surface area contributed by atoms with Gasteiger partial charge in [0.25, 0.3) is 0 Å². The van der Waals surface area contributed by atoms with E-state index in [9.17, 15) is 0 Å². The zero-order valence-corrected chi connectivity index (χ0v) is 15.8. The second-order valence-corrected chi connectivity index (χ2v) is 7.49. The second-order valence-electron chi connectivity index (χ2n) is 7.49. The second kappa shape index (κ2) is 10.3. The Morgan fingerprint density at radius 3 is 2.56 bits per heavy atom. The molecule has 3 aliphatic rings. The highest BCUT2D eigenvalue weighted by Crippen LogP contribution is 2.18. The van der Waals surface area contributed by atoms with Gasteiger partial charge in [-0.15, -0.1) is 0 Å². The zero-order chi connectivity index (χ0) is 17.3. The summed E-state index contributed by atoms with van der Waals surface area (Å²) in [4.78, 5) is 6.85. The van der Waals surface area contributed by atoms with Crippen molar-refractivity contribution >= 4 is 5.96 Å². The maximum absolute atomic E-state index is 6.11. The topological polar surface area (TPSA) is 55.3 Å². The minimum absolute atomic E-state index is 0.320. The van der Waals surface area contributed by atoms with Crippen LogP contribution in [0.25, 0.3) is 0 Å². The lowest BCUT2D eigenvalue weighted by Gasteiger charge is -2.35. The normalized spacial score (nSPS) is 27.5. The van der Waals surface area contributed by atoms with Crippen LogP contribution in [-0.4, -0.2) is 76.2 Å². The summed E-state index contributed by atoms with van der Waals surface area (Å²) in [5, 5.41) is 3.57. The highest BCUT2D eigenvalue weighted by atomic mass is 16.5. The molecule has 0 aliphatic carbocycles. The van der Waals surface area contributed by atoms with E-state index in [4.69, 9.17) is 14.2 Å². The summed E-state index contributed by atoms with van der Waals surface area (Å²) >= 11 is 0. The molecular formula is C19H35N3O3. The van der Waals surface area contributed by atoms with Crippen molar-refractivity contribution in [3.05, 3.63) is 0 Å². The van der Waals surface area contributed by atoms with E-state index < -0.39 is 0 Å². The number of nitrogens with one attached hydrogen (secondary N) is 1. The fourth-order valence-electron chi connectivity index (χ4n) is 3.93. The number of hydrogen-bond donors (Lipinski definition) is 1. The quantitative estimate of drug-likeness (QED) is 0.605. The third-order valence-electron chi connectivity index (χ3n) is 5.63. The van der Waals surface area contributed by atoms with Crippen LogP contribution in [0.2, 0.25) is 0 Å². The minimum Gasteiger partial charge on any atom is -0.381 e. The molecule has 0 amide bonds. The van der Waals surface area contributed by atoms with Crippen molar-refractivity contribution in [3.8, 4) is 0 Å². The predicted molar refractivity (Wildman–Crippen MR) is 99.0 cm³/mol. The SMILES string of the molecule is CN=C(NCC1CCOCC1)N1CCC(OCC2CCCCO2)CC1. The number of rotatable bonds is 5. The lowest BCUT2D eigenvalue weighted by Crippen LogP contribution is -2.48. The fourth-order valence-corrected chi connectivity index (χ4v) is 3.93. The molecule has 144 valence electrons. The van der Waals surface area contributed by atoms with Gasteiger partial charge in [-0.05, 0) is 50.9 Å². The summed E-state index contributed by atoms with van der Waals surface area (Å²) in [6, 6.07) is 0. The average Bonchev–Trinajstić information content (AvgIpc) is 2.69. The smallest absolute Gasteiger partial charge is 0.193 e. The van der Waals surface area contributed by atoms with Crippen LogP contribution in [0.4, 0.5) is 0 Å². The Morgan fingerprint density at radius 1 is 1.08 bits per heavy atom. The first-order valence-electron chi connectivity index (χ1n) is 10.1. The molecule has 0 spiro atoms. The largest absolute Gasteiger partial charge is 0.381 e. The Kier molecular flexibility index (Phi) is 7.82. The summed E-state index contributed by atoms with van der Waals surface area (Å²) in [7, 11) is 1.88. The molecule has 0 aromatic heterocycles. The average molecular weight is 354 g/mol. The van der Waals surface area contributed by atoms with E-state index in [0.29, 0.717) is 18.1 Å². The van der Waals surface area contributed by atoms with E-state index in [1.807, 2.05) is 7.05 Å². The van der Waals surface area contributed by atoms with Crippen molar-refractivity contribution < 1.29 is 14.2 Å². The van der Waals surface area contributed by atoms with Gasteiger partial charge in [-0.2, -0.15) is 0 Å². The Bertz CT molecular complexity index is 399. The predicted octanol–water partition coefficient (Wildman–Crippen LogP) is 2.04. The van der Waals surface area contributed by atoms with E-state index in [2.05, 4.69) is 15.2 Å². The molecule has 3 rings (SSSR count). The van der Waals surface area contributed by atoms with Crippen LogP contribution in [0.5, 0.6) is 0 Å². The van der Waals surface area contributed by atoms with Gasteiger partial charge in [-0.3, -0.25) is 4.99 Å². The first-order valence-corrected chi connectivity index (χ1v) is 10.1. The molecule has 1 atom stereocenters. The lowest BCUT2D eigenvalue weighted by molar-refractivity contribution is -0.0721. The van der Waals surface area contributed by atoms with Crippen LogP contribution in [0.3, 0.4) is 0 Å². The molecule has 1 unspecified atom stereocenters. The molecular weight excluding hydrogens is 318 g/mol. The van der Waals surface area contributed by atoms with Crippen LogP contribution in [0.1, 0.15) is 44.9 Å². The van der Waals surface area contributed by atoms with E-state index >= 15 is 0 Å². The van der Waals surface area contributed by atoms with Gasteiger partial charge in [0.05, 0.1) is 18.8 Å². The monoisotopic (exact) mass is 353 g/mol. The number of piperidine rings is 1. The highest BCUT2D eigenvalue weighted by molar-refractivity contribution is 5.79. The van der Waals surface area contributed by atoms with Crippen molar-refractivity contribution in [2.45, 2.75) is 57.2 Å². The molecule has 25 heavy (non-hydrogen) atoms. The Hall–Kier alpha value is -0.850. The summed E-state index contributed by atoms with van der Waals surface area (Å²) in [5.74, 6) is 1.75. The molecule has 1 N–H and O–H groups in total. The van der Waals surface area contributed by atoms with Crippen molar-refractivity contribution in [3.63, 3.8) is 0 Å². The number of aliphatic imine (C=N–C) groups is 1. The van der Waals surface area contributed by atoms with Crippen molar-refractivity contribution in [2.24, 2.45) is 10.9 Å². The zero-order valence-electron chi connectivity index (χ0n) is 15.8. The van der Waals surface area contributed by atoms with Crippen LogP contribution in [-0.2, 0) is 14.2 Å². The lowest BCUT2D eigenvalue weighted by atomic mass is 10.0. The fraction of sp³-hybridized carbons (Fsp3) is 0.947. The van der Waals surface area contributed by atoms with Gasteiger partial charge in [0.15, 0.2) is 5.96 Å². The Labute approximate surface area is 152 Å². The molecule has 3 aliphatic heterocycles. The molecule has 0 aromatic rings. The van der Waals surface area contributed by atoms with Crippen LogP contribution in [0, 0.1) is 5.92 Å². The van der Waals surface area contributed by atoms with Gasteiger partial charge >= 0.3 is 0 Å². The number of hydrogen-bond acceptors (Lipinski definition) is 4. The highest BCUT2D eigenvalue weighted by Gasteiger charge is 2.24. The summed E-state index contributed by atoms with van der Waals surface area (Å²) in [6.07, 6.45) is 8.79. The molecule has 0 bridgehead atoms. The third kappa shape index (κ3) is 6.12. The van der Waals surface area contributed by atoms with E-state index in [0.717, 1.165) is 84.1 Å². The van der Waals surface area contributed by atoms with Crippen LogP contribution < -0.4 is 5.32 Å². The van der Waals surface area contributed by atoms with Crippen LogP contribution in [0.15, 0.2) is 4.99 Å². The standard InChI is InChI=1S/C19H35N3O3/c1-20-19(21-14-16-7-12-23-13-8-16)22-9-5-17(6-10-22)25-15-18-4-2-3-11-24-18/h16-18H,2-15H2,1H3,(H,20,21). The van der Waals surface area contributed by atoms with Gasteiger partial charge in [0, 0.05) is 46.5 Å². The maximum atomic E-state index is 6.11. The molecule has 0 radical (unpaired) electrons. The molecule has 3 heterocycles. The first-order chi connectivity index (χ1) is 12.3. The van der Waals surface area contributed by atoms with E-state index in [1.54, 1.807) is 0 Å². The molecule has 3 saturated heterocycles. The third-order valence-corrected chi connectivity index (χ3v) is 5.63. The molecule has 6 nitrogen and oxygen atoms in total. The summed E-state index contributed by atoms with van der Waals surface area (Å²) in [6.45, 7) is 6.51. The van der Waals surface area contributed by atoms with E-state index in [1.165, 1.54) is 12.8 Å². The number of ether oxygens (including phenoxy) is 3. The van der Waals surface area contributed by atoms with Crippen molar-refractivity contribution in [1.29, 1.82) is 0 Å². The molecule has 3 fully saturated rings. The van der Waals surface area contributed by atoms with Crippen molar-refractivity contribution in [2.75, 3.05) is 53.1 Å². The van der Waals surface area contributed by atoms with Gasteiger partial charge in [0.2, 0.25) is 0 Å². The summed E-state index contributed by atoms with van der Waals surface area (Å²) < 4.78 is 17.3. The van der Waals surface area contributed by atoms with Gasteiger partial charge in [-0.1, -0.05) is 0 Å². The Morgan fingerprint density at radius 2 is 1.88 bits per heavy atom. The maximum Gasteiger partial charge on any atom is 0.193 e. The van der Waals surface area contributed by atoms with Crippen molar-refractivity contribution in [1.82, 2.24) is 10.2 Å². The Balaban J connectivity index is 1.33. The molecule has 0 saturated carbocycles. The number of likely N-dealkylation sites (tertiary alicyclic amines) is 1. The first kappa shape index (κ1) is 18.9. The number of guanidine groups is 1.